The third-order valence-electron chi connectivity index (χ3n) is 4.10. The highest BCUT2D eigenvalue weighted by molar-refractivity contribution is 5.95. The molecule has 2 aromatic rings. The van der Waals surface area contributed by atoms with Crippen molar-refractivity contribution in [3.8, 4) is 11.3 Å². The molecule has 0 aliphatic heterocycles. The minimum absolute atomic E-state index is 0.0573. The maximum atomic E-state index is 11.9. The van der Waals surface area contributed by atoms with Crippen LogP contribution in [0.5, 0.6) is 0 Å². The number of carboxylic acids is 1. The number of rotatable bonds is 4. The summed E-state index contributed by atoms with van der Waals surface area (Å²) in [5.74, 6) is -1.09. The molecule has 0 saturated heterocycles. The van der Waals surface area contributed by atoms with Crippen molar-refractivity contribution in [2.24, 2.45) is 0 Å². The molecule has 22 heavy (non-hydrogen) atoms. The summed E-state index contributed by atoms with van der Waals surface area (Å²) in [6.07, 6.45) is 1.53. The predicted molar refractivity (Wildman–Crippen MR) is 76.6 cm³/mol. The Morgan fingerprint density at radius 1 is 1.27 bits per heavy atom. The van der Waals surface area contributed by atoms with E-state index in [0.717, 1.165) is 18.4 Å². The van der Waals surface area contributed by atoms with Gasteiger partial charge in [0.05, 0.1) is 18.2 Å². The average molecular weight is 301 g/mol. The fraction of sp³-hybridized carbons (Fsp3) is 0.312. The van der Waals surface area contributed by atoms with Gasteiger partial charge in [-0.3, -0.25) is 4.79 Å². The van der Waals surface area contributed by atoms with Crippen molar-refractivity contribution in [2.75, 3.05) is 7.11 Å². The minimum Gasteiger partial charge on any atom is -0.477 e. The number of esters is 1. The Bertz CT molecular complexity index is 740. The maximum absolute atomic E-state index is 11.9. The van der Waals surface area contributed by atoms with Crippen LogP contribution in [0.3, 0.4) is 0 Å². The first-order chi connectivity index (χ1) is 10.5. The summed E-state index contributed by atoms with van der Waals surface area (Å²) < 4.78 is 9.99. The summed E-state index contributed by atoms with van der Waals surface area (Å²) in [5.41, 5.74) is 1.33. The van der Waals surface area contributed by atoms with E-state index >= 15 is 0 Å². The van der Waals surface area contributed by atoms with Crippen LogP contribution in [0.1, 0.15) is 34.5 Å². The van der Waals surface area contributed by atoms with Gasteiger partial charge in [-0.15, -0.1) is 0 Å². The molecule has 1 fully saturated rings. The van der Waals surface area contributed by atoms with Crippen molar-refractivity contribution in [1.29, 1.82) is 0 Å². The van der Waals surface area contributed by atoms with Gasteiger partial charge in [0, 0.05) is 5.56 Å². The molecule has 0 spiro atoms. The van der Waals surface area contributed by atoms with E-state index in [1.54, 1.807) is 19.1 Å². The molecular formula is C16H15NO5. The van der Waals surface area contributed by atoms with Crippen LogP contribution in [0.25, 0.3) is 11.3 Å². The number of aromatic carboxylic acids is 1. The minimum atomic E-state index is -1.08. The molecule has 1 aliphatic rings. The van der Waals surface area contributed by atoms with Gasteiger partial charge in [-0.2, -0.15) is 0 Å². The van der Waals surface area contributed by atoms with Gasteiger partial charge in [-0.1, -0.05) is 29.4 Å². The first-order valence-electron chi connectivity index (χ1n) is 6.88. The lowest BCUT2D eigenvalue weighted by molar-refractivity contribution is -0.143. The van der Waals surface area contributed by atoms with Crippen LogP contribution in [0, 0.1) is 6.92 Å². The average Bonchev–Trinajstić information content (AvgIpc) is 3.23. The molecule has 1 aromatic carbocycles. The van der Waals surface area contributed by atoms with Crippen LogP contribution >= 0.6 is 0 Å². The van der Waals surface area contributed by atoms with E-state index in [1.807, 2.05) is 12.1 Å². The Labute approximate surface area is 126 Å². The van der Waals surface area contributed by atoms with Crippen molar-refractivity contribution < 1.29 is 24.0 Å². The normalized spacial score (nSPS) is 15.4. The number of hydrogen-bond donors (Lipinski definition) is 1. The van der Waals surface area contributed by atoms with E-state index < -0.39 is 11.4 Å². The van der Waals surface area contributed by atoms with Gasteiger partial charge in [0.15, 0.2) is 5.76 Å². The number of carbonyl (C=O) groups excluding carboxylic acids is 1. The molecule has 0 amide bonds. The first kappa shape index (κ1) is 14.3. The zero-order chi connectivity index (χ0) is 15.9. The van der Waals surface area contributed by atoms with Gasteiger partial charge in [0.1, 0.15) is 5.56 Å². The van der Waals surface area contributed by atoms with E-state index in [2.05, 4.69) is 5.16 Å². The Morgan fingerprint density at radius 2 is 1.91 bits per heavy atom. The molecule has 114 valence electrons. The quantitative estimate of drug-likeness (QED) is 0.873. The lowest BCUT2D eigenvalue weighted by atomic mass is 9.94. The Morgan fingerprint density at radius 3 is 2.41 bits per heavy atom. The van der Waals surface area contributed by atoms with E-state index in [4.69, 9.17) is 9.26 Å². The summed E-state index contributed by atoms with van der Waals surface area (Å²) >= 11 is 0. The largest absolute Gasteiger partial charge is 0.477 e. The molecule has 3 rings (SSSR count). The number of methoxy groups -OCH3 is 1. The van der Waals surface area contributed by atoms with Crippen molar-refractivity contribution in [3.63, 3.8) is 0 Å². The molecule has 1 aliphatic carbocycles. The van der Waals surface area contributed by atoms with Gasteiger partial charge in [-0.05, 0) is 25.3 Å². The molecule has 0 unspecified atom stereocenters. The van der Waals surface area contributed by atoms with Crippen LogP contribution in [-0.4, -0.2) is 29.3 Å². The zero-order valence-electron chi connectivity index (χ0n) is 12.3. The van der Waals surface area contributed by atoms with Gasteiger partial charge >= 0.3 is 11.9 Å². The second-order valence-electron chi connectivity index (χ2n) is 5.43. The molecule has 6 nitrogen and oxygen atoms in total. The van der Waals surface area contributed by atoms with Crippen molar-refractivity contribution in [1.82, 2.24) is 5.16 Å². The predicted octanol–water partition coefficient (Wildman–Crippen LogP) is 2.55. The number of ether oxygens (including phenoxy) is 1. The summed E-state index contributed by atoms with van der Waals surface area (Å²) in [6.45, 7) is 1.58. The van der Waals surface area contributed by atoms with Crippen molar-refractivity contribution >= 4 is 11.9 Å². The smallest absolute Gasteiger partial charge is 0.341 e. The lowest BCUT2D eigenvalue weighted by Crippen LogP contribution is -2.21. The number of nitrogens with zero attached hydrogens (tertiary/aromatic N) is 1. The van der Waals surface area contributed by atoms with Crippen LogP contribution in [-0.2, 0) is 14.9 Å². The summed E-state index contributed by atoms with van der Waals surface area (Å²) in [7, 11) is 1.38. The van der Waals surface area contributed by atoms with Gasteiger partial charge in [0.2, 0.25) is 0 Å². The first-order valence-corrected chi connectivity index (χ1v) is 6.88. The van der Waals surface area contributed by atoms with Crippen LogP contribution < -0.4 is 0 Å². The Kier molecular flexibility index (Phi) is 3.24. The second kappa shape index (κ2) is 4.98. The van der Waals surface area contributed by atoms with Crippen LogP contribution in [0.15, 0.2) is 28.8 Å². The third kappa shape index (κ3) is 2.07. The van der Waals surface area contributed by atoms with E-state index in [9.17, 15) is 14.7 Å². The standard InChI is InChI=1S/C16H15NO5/c1-9-12(14(18)19)13(22-17-9)10-3-5-11(6-4-10)16(7-8-16)15(20)21-2/h3-6H,7-8H2,1-2H3,(H,18,19). The van der Waals surface area contributed by atoms with Gasteiger partial charge < -0.3 is 14.4 Å². The highest BCUT2D eigenvalue weighted by Crippen LogP contribution is 2.49. The van der Waals surface area contributed by atoms with Gasteiger partial charge in [-0.25, -0.2) is 4.79 Å². The van der Waals surface area contributed by atoms with Gasteiger partial charge in [0.25, 0.3) is 0 Å². The highest BCUT2D eigenvalue weighted by atomic mass is 16.5. The maximum Gasteiger partial charge on any atom is 0.341 e. The van der Waals surface area contributed by atoms with Crippen LogP contribution in [0.4, 0.5) is 0 Å². The molecule has 1 aromatic heterocycles. The van der Waals surface area contributed by atoms with Crippen molar-refractivity contribution in [3.05, 3.63) is 41.1 Å². The van der Waals surface area contributed by atoms with E-state index in [1.165, 1.54) is 7.11 Å². The van der Waals surface area contributed by atoms with E-state index in [0.29, 0.717) is 11.3 Å². The highest BCUT2D eigenvalue weighted by Gasteiger charge is 2.52. The van der Waals surface area contributed by atoms with Crippen molar-refractivity contribution in [2.45, 2.75) is 25.2 Å². The number of hydrogen-bond acceptors (Lipinski definition) is 5. The molecular weight excluding hydrogens is 286 g/mol. The fourth-order valence-corrected chi connectivity index (χ4v) is 2.69. The van der Waals surface area contributed by atoms with Crippen LogP contribution in [0.2, 0.25) is 0 Å². The number of carboxylic acid groups (broad SMARTS) is 1. The molecule has 0 bridgehead atoms. The summed E-state index contributed by atoms with van der Waals surface area (Å²) in [6, 6.07) is 7.10. The number of aromatic nitrogens is 1. The topological polar surface area (TPSA) is 89.6 Å². The Balaban J connectivity index is 1.96. The second-order valence-corrected chi connectivity index (χ2v) is 5.43. The lowest BCUT2D eigenvalue weighted by Gasteiger charge is -2.13. The molecule has 1 heterocycles. The Hall–Kier alpha value is -2.63. The number of carbonyl (C=O) groups is 2. The third-order valence-corrected chi connectivity index (χ3v) is 4.10. The zero-order valence-corrected chi connectivity index (χ0v) is 12.3. The molecule has 6 heteroatoms. The molecule has 0 radical (unpaired) electrons. The number of aryl methyl sites for hydroxylation is 1. The molecule has 0 atom stereocenters. The van der Waals surface area contributed by atoms with E-state index in [-0.39, 0.29) is 17.3 Å². The monoisotopic (exact) mass is 301 g/mol. The molecule has 1 N–H and O–H groups in total. The summed E-state index contributed by atoms with van der Waals surface area (Å²) in [5, 5.41) is 12.9. The molecule has 1 saturated carbocycles. The summed E-state index contributed by atoms with van der Waals surface area (Å²) in [4.78, 5) is 23.1. The number of benzene rings is 1. The fourth-order valence-electron chi connectivity index (χ4n) is 2.69. The SMILES string of the molecule is COC(=O)C1(c2ccc(-c3onc(C)c3C(=O)O)cc2)CC1.